The fourth-order valence-corrected chi connectivity index (χ4v) is 2.14. The maximum absolute atomic E-state index is 12.8. The van der Waals surface area contributed by atoms with Crippen molar-refractivity contribution in [2.24, 2.45) is 0 Å². The van der Waals surface area contributed by atoms with Crippen LogP contribution in [0.4, 0.5) is 10.1 Å². The highest BCUT2D eigenvalue weighted by atomic mass is 19.1. The van der Waals surface area contributed by atoms with E-state index in [9.17, 15) is 14.3 Å². The first-order valence-corrected chi connectivity index (χ1v) is 6.42. The van der Waals surface area contributed by atoms with Gasteiger partial charge < -0.3 is 10.4 Å². The predicted octanol–water partition coefficient (Wildman–Crippen LogP) is 3.94. The van der Waals surface area contributed by atoms with Crippen molar-refractivity contribution in [2.45, 2.75) is 0 Å². The Morgan fingerprint density at radius 3 is 2.24 bits per heavy atom. The summed E-state index contributed by atoms with van der Waals surface area (Å²) >= 11 is 0. The van der Waals surface area contributed by atoms with Gasteiger partial charge in [-0.2, -0.15) is 0 Å². The first kappa shape index (κ1) is 13.1. The van der Waals surface area contributed by atoms with Gasteiger partial charge in [0.1, 0.15) is 11.6 Å². The molecule has 0 aliphatic rings. The van der Waals surface area contributed by atoms with E-state index < -0.39 is 5.91 Å². The van der Waals surface area contributed by atoms with Gasteiger partial charge in [-0.25, -0.2) is 4.39 Å². The molecule has 0 spiro atoms. The lowest BCUT2D eigenvalue weighted by atomic mass is 10.1. The number of anilines is 1. The lowest BCUT2D eigenvalue weighted by molar-refractivity contribution is 0.102. The molecule has 21 heavy (non-hydrogen) atoms. The minimum Gasteiger partial charge on any atom is -0.507 e. The van der Waals surface area contributed by atoms with E-state index >= 15 is 0 Å². The second kappa shape index (κ2) is 5.25. The smallest absolute Gasteiger partial charge is 0.259 e. The Morgan fingerprint density at radius 1 is 0.952 bits per heavy atom. The molecule has 104 valence electrons. The molecule has 2 N–H and O–H groups in total. The average Bonchev–Trinajstić information content (AvgIpc) is 2.49. The van der Waals surface area contributed by atoms with Gasteiger partial charge in [0.15, 0.2) is 0 Å². The van der Waals surface area contributed by atoms with Gasteiger partial charge in [-0.15, -0.1) is 0 Å². The number of phenolic OH excluding ortho intramolecular Hbond substituents is 1. The quantitative estimate of drug-likeness (QED) is 0.747. The first-order chi connectivity index (χ1) is 10.1. The number of carbonyl (C=O) groups excluding carboxylic acids is 1. The van der Waals surface area contributed by atoms with E-state index in [0.717, 1.165) is 10.8 Å². The number of nitrogens with one attached hydrogen (secondary N) is 1. The number of amides is 1. The Balaban J connectivity index is 1.93. The summed E-state index contributed by atoms with van der Waals surface area (Å²) in [5.41, 5.74) is 0.645. The summed E-state index contributed by atoms with van der Waals surface area (Å²) in [7, 11) is 0. The van der Waals surface area contributed by atoms with E-state index in [1.165, 1.54) is 24.3 Å². The molecule has 0 fully saturated rings. The molecule has 0 saturated heterocycles. The summed E-state index contributed by atoms with van der Waals surface area (Å²) in [4.78, 5) is 12.2. The summed E-state index contributed by atoms with van der Waals surface area (Å²) in [5.74, 6) is -0.903. The molecule has 0 aromatic heterocycles. The molecule has 0 aliphatic heterocycles. The van der Waals surface area contributed by atoms with Gasteiger partial charge in [0.05, 0.1) is 5.56 Å². The number of hydrogen-bond donors (Lipinski definition) is 2. The van der Waals surface area contributed by atoms with Gasteiger partial charge in [-0.05, 0) is 47.2 Å². The molecule has 0 saturated carbocycles. The maximum atomic E-state index is 12.8. The number of hydrogen-bond acceptors (Lipinski definition) is 2. The second-order valence-electron chi connectivity index (χ2n) is 4.68. The predicted molar refractivity (Wildman–Crippen MR) is 80.0 cm³/mol. The van der Waals surface area contributed by atoms with Crippen molar-refractivity contribution >= 4 is 22.4 Å². The fourth-order valence-electron chi connectivity index (χ4n) is 2.14. The highest BCUT2D eigenvalue weighted by Gasteiger charge is 2.12. The monoisotopic (exact) mass is 281 g/mol. The zero-order valence-corrected chi connectivity index (χ0v) is 11.0. The van der Waals surface area contributed by atoms with E-state index in [4.69, 9.17) is 0 Å². The van der Waals surface area contributed by atoms with Crippen LogP contribution in [0, 0.1) is 5.82 Å². The van der Waals surface area contributed by atoms with Crippen molar-refractivity contribution in [3.63, 3.8) is 0 Å². The summed E-state index contributed by atoms with van der Waals surface area (Å²) < 4.78 is 12.8. The van der Waals surface area contributed by atoms with Crippen LogP contribution in [0.5, 0.6) is 5.75 Å². The van der Waals surface area contributed by atoms with E-state index in [1.807, 2.05) is 24.3 Å². The Morgan fingerprint density at radius 2 is 1.57 bits per heavy atom. The molecule has 3 nitrogen and oxygen atoms in total. The third kappa shape index (κ3) is 2.69. The van der Waals surface area contributed by atoms with E-state index in [1.54, 1.807) is 12.1 Å². The topological polar surface area (TPSA) is 49.3 Å². The Hall–Kier alpha value is -2.88. The minimum absolute atomic E-state index is 0.0895. The molecule has 3 aromatic rings. The largest absolute Gasteiger partial charge is 0.507 e. The molecule has 1 amide bonds. The van der Waals surface area contributed by atoms with Gasteiger partial charge in [0, 0.05) is 5.69 Å². The van der Waals surface area contributed by atoms with Crippen LogP contribution in [-0.2, 0) is 0 Å². The normalized spacial score (nSPS) is 10.5. The van der Waals surface area contributed by atoms with Gasteiger partial charge in [0.25, 0.3) is 5.91 Å². The molecule has 0 unspecified atom stereocenters. The van der Waals surface area contributed by atoms with Crippen molar-refractivity contribution in [2.75, 3.05) is 5.32 Å². The van der Waals surface area contributed by atoms with Crippen LogP contribution in [0.1, 0.15) is 10.4 Å². The van der Waals surface area contributed by atoms with Crippen LogP contribution in [0.15, 0.2) is 60.7 Å². The minimum atomic E-state index is -0.440. The van der Waals surface area contributed by atoms with Crippen LogP contribution in [0.3, 0.4) is 0 Å². The molecular formula is C17H12FNO2. The second-order valence-corrected chi connectivity index (χ2v) is 4.68. The molecule has 0 atom stereocenters. The van der Waals surface area contributed by atoms with Crippen molar-refractivity contribution in [1.29, 1.82) is 0 Å². The molecular weight excluding hydrogens is 269 g/mol. The number of carbonyl (C=O) groups is 1. The Labute approximate surface area is 120 Å². The number of fused-ring (bicyclic) bond motifs is 1. The highest BCUT2D eigenvalue weighted by molar-refractivity contribution is 6.08. The number of benzene rings is 3. The number of phenols is 1. The van der Waals surface area contributed by atoms with Crippen LogP contribution >= 0.6 is 0 Å². The third-order valence-electron chi connectivity index (χ3n) is 3.21. The molecule has 0 aliphatic carbocycles. The van der Waals surface area contributed by atoms with E-state index in [2.05, 4.69) is 5.32 Å². The molecule has 4 heteroatoms. The van der Waals surface area contributed by atoms with Gasteiger partial charge in [-0.1, -0.05) is 24.3 Å². The van der Waals surface area contributed by atoms with Crippen LogP contribution in [0.2, 0.25) is 0 Å². The highest BCUT2D eigenvalue weighted by Crippen LogP contribution is 2.25. The van der Waals surface area contributed by atoms with Crippen molar-refractivity contribution in [3.05, 3.63) is 72.0 Å². The van der Waals surface area contributed by atoms with Crippen LogP contribution in [-0.4, -0.2) is 11.0 Å². The van der Waals surface area contributed by atoms with Crippen molar-refractivity contribution in [3.8, 4) is 5.75 Å². The number of halogens is 1. The number of aromatic hydroxyl groups is 1. The maximum Gasteiger partial charge on any atom is 0.259 e. The lowest BCUT2D eigenvalue weighted by Crippen LogP contribution is -2.12. The average molecular weight is 281 g/mol. The summed E-state index contributed by atoms with van der Waals surface area (Å²) in [6.45, 7) is 0. The van der Waals surface area contributed by atoms with E-state index in [0.29, 0.717) is 5.69 Å². The zero-order chi connectivity index (χ0) is 14.8. The molecule has 3 rings (SSSR count). The fraction of sp³-hybridized carbons (Fsp3) is 0. The lowest BCUT2D eigenvalue weighted by Gasteiger charge is -2.08. The van der Waals surface area contributed by atoms with Crippen molar-refractivity contribution in [1.82, 2.24) is 0 Å². The van der Waals surface area contributed by atoms with E-state index in [-0.39, 0.29) is 17.1 Å². The molecule has 0 radical (unpaired) electrons. The summed E-state index contributed by atoms with van der Waals surface area (Å²) in [6.07, 6.45) is 0. The van der Waals surface area contributed by atoms with Gasteiger partial charge in [-0.3, -0.25) is 4.79 Å². The Bertz CT molecular complexity index is 813. The Kier molecular flexibility index (Phi) is 3.28. The standard InChI is InChI=1S/C17H12FNO2/c18-13-5-7-14(8-6-13)19-17(21)15-9-11-3-1-2-4-12(11)10-16(15)20/h1-10,20H,(H,19,21). The van der Waals surface area contributed by atoms with Crippen molar-refractivity contribution < 1.29 is 14.3 Å². The summed E-state index contributed by atoms with van der Waals surface area (Å²) in [5, 5.41) is 14.3. The van der Waals surface area contributed by atoms with Crippen LogP contribution < -0.4 is 5.32 Å². The third-order valence-corrected chi connectivity index (χ3v) is 3.21. The summed E-state index contributed by atoms with van der Waals surface area (Å²) in [6, 6.07) is 16.1. The van der Waals surface area contributed by atoms with Gasteiger partial charge in [0.2, 0.25) is 0 Å². The molecule has 0 heterocycles. The van der Waals surface area contributed by atoms with Gasteiger partial charge >= 0.3 is 0 Å². The zero-order valence-electron chi connectivity index (χ0n) is 11.0. The van der Waals surface area contributed by atoms with Crippen LogP contribution in [0.25, 0.3) is 10.8 Å². The molecule has 0 bridgehead atoms. The number of rotatable bonds is 2. The first-order valence-electron chi connectivity index (χ1n) is 6.42. The molecule has 3 aromatic carbocycles. The SMILES string of the molecule is O=C(Nc1ccc(F)cc1)c1cc2ccccc2cc1O.